The zero-order valence-corrected chi connectivity index (χ0v) is 14.1. The van der Waals surface area contributed by atoms with E-state index in [1.807, 2.05) is 6.26 Å². The monoisotopic (exact) mass is 326 g/mol. The lowest BCUT2D eigenvalue weighted by Gasteiger charge is -2.37. The van der Waals surface area contributed by atoms with Gasteiger partial charge in [-0.25, -0.2) is 0 Å². The molecule has 0 amide bonds. The minimum atomic E-state index is 0.556. The summed E-state index contributed by atoms with van der Waals surface area (Å²) >= 11 is 0. The zero-order valence-electron chi connectivity index (χ0n) is 14.1. The van der Waals surface area contributed by atoms with Crippen LogP contribution in [0.1, 0.15) is 17.5 Å². The topological polar surface area (TPSA) is 28.9 Å². The average molecular weight is 326 g/mol. The number of hydrogen-bond donors (Lipinski definition) is 0. The lowest BCUT2D eigenvalue weighted by Crippen LogP contribution is -2.50. The standard InChI is InChI=1S/C20H26N2O2/c1-2-4-17(5-3-1)14-20-19(21-9-12-23-13-10-21)6-8-22(20)15-18-7-11-24-16-18/h1-5,7,11,16,19-20H,6,8-10,12-15H2/t19-,20+/m1/s1. The summed E-state index contributed by atoms with van der Waals surface area (Å²) in [5.41, 5.74) is 2.70. The number of furan rings is 1. The molecule has 4 nitrogen and oxygen atoms in total. The van der Waals surface area contributed by atoms with E-state index in [1.54, 1.807) is 6.26 Å². The van der Waals surface area contributed by atoms with Crippen molar-refractivity contribution in [2.45, 2.75) is 31.5 Å². The van der Waals surface area contributed by atoms with Crippen LogP contribution in [0.25, 0.3) is 0 Å². The van der Waals surface area contributed by atoms with Gasteiger partial charge < -0.3 is 9.15 Å². The largest absolute Gasteiger partial charge is 0.472 e. The minimum Gasteiger partial charge on any atom is -0.472 e. The van der Waals surface area contributed by atoms with E-state index < -0.39 is 0 Å². The average Bonchev–Trinajstić information content (AvgIpc) is 3.28. The Kier molecular flexibility index (Phi) is 4.97. The second-order valence-electron chi connectivity index (χ2n) is 6.86. The van der Waals surface area contributed by atoms with Crippen LogP contribution in [0.4, 0.5) is 0 Å². The molecule has 3 heterocycles. The summed E-state index contributed by atoms with van der Waals surface area (Å²) in [7, 11) is 0. The fourth-order valence-corrected chi connectivity index (χ4v) is 4.17. The van der Waals surface area contributed by atoms with Crippen molar-refractivity contribution in [1.82, 2.24) is 9.80 Å². The third-order valence-electron chi connectivity index (χ3n) is 5.39. The Morgan fingerprint density at radius 1 is 0.958 bits per heavy atom. The van der Waals surface area contributed by atoms with Crippen LogP contribution < -0.4 is 0 Å². The van der Waals surface area contributed by atoms with Crippen molar-refractivity contribution in [1.29, 1.82) is 0 Å². The molecule has 128 valence electrons. The van der Waals surface area contributed by atoms with Crippen LogP contribution in [-0.4, -0.2) is 54.7 Å². The Morgan fingerprint density at radius 3 is 2.54 bits per heavy atom. The second-order valence-corrected chi connectivity index (χ2v) is 6.86. The van der Waals surface area contributed by atoms with E-state index in [-0.39, 0.29) is 0 Å². The van der Waals surface area contributed by atoms with Gasteiger partial charge in [0, 0.05) is 43.8 Å². The number of ether oxygens (including phenoxy) is 1. The molecule has 0 unspecified atom stereocenters. The number of morpholine rings is 1. The lowest BCUT2D eigenvalue weighted by molar-refractivity contribution is 0.00788. The summed E-state index contributed by atoms with van der Waals surface area (Å²) in [6.07, 6.45) is 6.01. The molecule has 2 atom stereocenters. The van der Waals surface area contributed by atoms with E-state index in [1.165, 1.54) is 17.5 Å². The first-order valence-corrected chi connectivity index (χ1v) is 9.01. The molecule has 2 aliphatic rings. The Morgan fingerprint density at radius 2 is 1.79 bits per heavy atom. The molecule has 0 radical (unpaired) electrons. The van der Waals surface area contributed by atoms with Crippen molar-refractivity contribution in [3.05, 3.63) is 60.1 Å². The van der Waals surface area contributed by atoms with Gasteiger partial charge in [-0.2, -0.15) is 0 Å². The molecule has 2 aromatic rings. The molecule has 0 aliphatic carbocycles. The molecule has 24 heavy (non-hydrogen) atoms. The first-order valence-electron chi connectivity index (χ1n) is 9.01. The Hall–Kier alpha value is -1.62. The number of benzene rings is 1. The van der Waals surface area contributed by atoms with Crippen LogP contribution in [0.3, 0.4) is 0 Å². The third kappa shape index (κ3) is 3.56. The molecule has 4 heteroatoms. The van der Waals surface area contributed by atoms with Gasteiger partial charge in [0.15, 0.2) is 0 Å². The van der Waals surface area contributed by atoms with E-state index in [4.69, 9.17) is 9.15 Å². The molecule has 0 N–H and O–H groups in total. The van der Waals surface area contributed by atoms with E-state index in [9.17, 15) is 0 Å². The number of rotatable bonds is 5. The minimum absolute atomic E-state index is 0.556. The van der Waals surface area contributed by atoms with Gasteiger partial charge >= 0.3 is 0 Å². The van der Waals surface area contributed by atoms with Crippen molar-refractivity contribution < 1.29 is 9.15 Å². The zero-order chi connectivity index (χ0) is 16.2. The fourth-order valence-electron chi connectivity index (χ4n) is 4.17. The smallest absolute Gasteiger partial charge is 0.0947 e. The van der Waals surface area contributed by atoms with Gasteiger partial charge in [-0.3, -0.25) is 9.80 Å². The van der Waals surface area contributed by atoms with E-state index in [2.05, 4.69) is 46.2 Å². The number of likely N-dealkylation sites (tertiary alicyclic amines) is 1. The van der Waals surface area contributed by atoms with Crippen molar-refractivity contribution in [3.8, 4) is 0 Å². The highest BCUT2D eigenvalue weighted by molar-refractivity contribution is 5.18. The van der Waals surface area contributed by atoms with Gasteiger partial charge in [-0.1, -0.05) is 30.3 Å². The van der Waals surface area contributed by atoms with Gasteiger partial charge in [0.25, 0.3) is 0 Å². The normalized spacial score (nSPS) is 26.0. The maximum absolute atomic E-state index is 5.56. The first kappa shape index (κ1) is 15.9. The van der Waals surface area contributed by atoms with Crippen molar-refractivity contribution >= 4 is 0 Å². The highest BCUT2D eigenvalue weighted by Crippen LogP contribution is 2.28. The van der Waals surface area contributed by atoms with Crippen LogP contribution in [0.5, 0.6) is 0 Å². The van der Waals surface area contributed by atoms with E-state index >= 15 is 0 Å². The molecular formula is C20H26N2O2. The Balaban J connectivity index is 1.52. The SMILES string of the molecule is c1ccc(C[C@H]2[C@H](N3CCOCC3)CCN2Cc2ccoc2)cc1. The molecule has 2 fully saturated rings. The molecule has 2 saturated heterocycles. The van der Waals surface area contributed by atoms with Crippen LogP contribution in [-0.2, 0) is 17.7 Å². The summed E-state index contributed by atoms with van der Waals surface area (Å²) in [6, 6.07) is 14.2. The molecule has 4 rings (SSSR count). The third-order valence-corrected chi connectivity index (χ3v) is 5.39. The number of hydrogen-bond acceptors (Lipinski definition) is 4. The molecular weight excluding hydrogens is 300 g/mol. The van der Waals surface area contributed by atoms with Crippen molar-refractivity contribution in [2.24, 2.45) is 0 Å². The highest BCUT2D eigenvalue weighted by Gasteiger charge is 2.38. The lowest BCUT2D eigenvalue weighted by atomic mass is 9.98. The van der Waals surface area contributed by atoms with Gasteiger partial charge in [0.2, 0.25) is 0 Å². The van der Waals surface area contributed by atoms with Crippen molar-refractivity contribution in [3.63, 3.8) is 0 Å². The van der Waals surface area contributed by atoms with E-state index in [0.717, 1.165) is 45.8 Å². The van der Waals surface area contributed by atoms with Gasteiger partial charge in [0.05, 0.1) is 25.7 Å². The fraction of sp³-hybridized carbons (Fsp3) is 0.500. The molecule has 2 aliphatic heterocycles. The predicted molar refractivity (Wildman–Crippen MR) is 93.8 cm³/mol. The molecule has 0 bridgehead atoms. The van der Waals surface area contributed by atoms with Crippen LogP contribution in [0.15, 0.2) is 53.3 Å². The Labute approximate surface area is 144 Å². The summed E-state index contributed by atoms with van der Waals surface area (Å²) < 4.78 is 10.8. The first-order chi connectivity index (χ1) is 11.9. The highest BCUT2D eigenvalue weighted by atomic mass is 16.5. The maximum Gasteiger partial charge on any atom is 0.0947 e. The van der Waals surface area contributed by atoms with Gasteiger partial charge in [-0.15, -0.1) is 0 Å². The van der Waals surface area contributed by atoms with Gasteiger partial charge in [0.1, 0.15) is 0 Å². The predicted octanol–water partition coefficient (Wildman–Crippen LogP) is 2.80. The molecule has 1 aromatic carbocycles. The van der Waals surface area contributed by atoms with Crippen LogP contribution >= 0.6 is 0 Å². The molecule has 1 aromatic heterocycles. The maximum atomic E-state index is 5.56. The molecule has 0 spiro atoms. The summed E-state index contributed by atoms with van der Waals surface area (Å²) in [4.78, 5) is 5.28. The summed E-state index contributed by atoms with van der Waals surface area (Å²) in [5, 5.41) is 0. The van der Waals surface area contributed by atoms with Crippen LogP contribution in [0.2, 0.25) is 0 Å². The summed E-state index contributed by atoms with van der Waals surface area (Å²) in [6.45, 7) is 6.01. The summed E-state index contributed by atoms with van der Waals surface area (Å²) in [5.74, 6) is 0. The Bertz CT molecular complexity index is 608. The molecule has 0 saturated carbocycles. The van der Waals surface area contributed by atoms with Crippen molar-refractivity contribution in [2.75, 3.05) is 32.8 Å². The van der Waals surface area contributed by atoms with Gasteiger partial charge in [-0.05, 0) is 24.5 Å². The van der Waals surface area contributed by atoms with Crippen LogP contribution in [0, 0.1) is 0 Å². The quantitative estimate of drug-likeness (QED) is 0.845. The van der Waals surface area contributed by atoms with E-state index in [0.29, 0.717) is 12.1 Å². The second kappa shape index (κ2) is 7.51. The number of nitrogens with zero attached hydrogens (tertiary/aromatic N) is 2.